The van der Waals surface area contributed by atoms with Crippen LogP contribution in [0.15, 0.2) is 23.0 Å². The van der Waals surface area contributed by atoms with Crippen LogP contribution in [0, 0.1) is 5.41 Å². The van der Waals surface area contributed by atoms with Gasteiger partial charge in [-0.15, -0.1) is 0 Å². The maximum atomic E-state index is 11.9. The minimum atomic E-state index is -0.321. The van der Waals surface area contributed by atoms with Crippen LogP contribution in [0.4, 0.5) is 17.3 Å². The third-order valence-corrected chi connectivity index (χ3v) is 3.32. The summed E-state index contributed by atoms with van der Waals surface area (Å²) >= 11 is 0. The molecule has 0 spiro atoms. The van der Waals surface area contributed by atoms with Crippen LogP contribution in [0.2, 0.25) is 0 Å². The highest BCUT2D eigenvalue weighted by Gasteiger charge is 2.12. The molecule has 1 aliphatic rings. The van der Waals surface area contributed by atoms with Crippen molar-refractivity contribution in [3.8, 4) is 0 Å². The first-order valence-corrected chi connectivity index (χ1v) is 6.50. The normalized spacial score (nSPS) is 12.8. The Kier molecular flexibility index (Phi) is 3.41. The average Bonchev–Trinajstić information content (AvgIpc) is 2.94. The maximum Gasteiger partial charge on any atom is 0.276 e. The molecule has 0 radical (unpaired) electrons. The lowest BCUT2D eigenvalue weighted by Gasteiger charge is -2.09. The number of ether oxygens (including phenoxy) is 1. The SMILES string of the molecule is CNc1c(C=N)nc(Nc2ccc3c(c2)COC3)[nH]c1=O. The molecule has 0 saturated carbocycles. The number of fused-ring (bicyclic) bond motifs is 1. The first-order valence-electron chi connectivity index (χ1n) is 6.50. The highest BCUT2D eigenvalue weighted by atomic mass is 16.5. The summed E-state index contributed by atoms with van der Waals surface area (Å²) in [6.07, 6.45) is 1.04. The van der Waals surface area contributed by atoms with Crippen LogP contribution in [0.1, 0.15) is 16.8 Å². The van der Waals surface area contributed by atoms with Crippen molar-refractivity contribution in [1.29, 1.82) is 5.41 Å². The Bertz CT molecular complexity index is 754. The molecule has 0 bridgehead atoms. The summed E-state index contributed by atoms with van der Waals surface area (Å²) in [7, 11) is 1.62. The zero-order chi connectivity index (χ0) is 14.8. The fourth-order valence-corrected chi connectivity index (χ4v) is 2.28. The Morgan fingerprint density at radius 3 is 2.95 bits per heavy atom. The van der Waals surface area contributed by atoms with Crippen molar-refractivity contribution in [2.75, 3.05) is 17.7 Å². The fourth-order valence-electron chi connectivity index (χ4n) is 2.28. The molecule has 0 fully saturated rings. The predicted molar refractivity (Wildman–Crippen MR) is 80.5 cm³/mol. The van der Waals surface area contributed by atoms with Crippen molar-refractivity contribution in [2.24, 2.45) is 0 Å². The van der Waals surface area contributed by atoms with E-state index in [-0.39, 0.29) is 16.9 Å². The number of anilines is 3. The molecule has 2 heterocycles. The third kappa shape index (κ3) is 2.50. The third-order valence-electron chi connectivity index (χ3n) is 3.32. The van der Waals surface area contributed by atoms with E-state index in [2.05, 4.69) is 20.6 Å². The number of hydrogen-bond acceptors (Lipinski definition) is 6. The van der Waals surface area contributed by atoms with Crippen molar-refractivity contribution >= 4 is 23.5 Å². The number of nitrogens with one attached hydrogen (secondary N) is 4. The van der Waals surface area contributed by atoms with E-state index in [0.717, 1.165) is 17.5 Å². The van der Waals surface area contributed by atoms with E-state index in [9.17, 15) is 4.79 Å². The topological polar surface area (TPSA) is 103 Å². The number of nitrogens with zero attached hydrogens (tertiary/aromatic N) is 1. The van der Waals surface area contributed by atoms with Crippen LogP contribution < -0.4 is 16.2 Å². The van der Waals surface area contributed by atoms with Crippen LogP contribution in [-0.2, 0) is 18.0 Å². The Labute approximate surface area is 120 Å². The quantitative estimate of drug-likeness (QED) is 0.639. The summed E-state index contributed by atoms with van der Waals surface area (Å²) in [5.41, 5.74) is 3.36. The van der Waals surface area contributed by atoms with Gasteiger partial charge in [0, 0.05) is 18.9 Å². The van der Waals surface area contributed by atoms with Crippen LogP contribution in [0.3, 0.4) is 0 Å². The van der Waals surface area contributed by atoms with Crippen molar-refractivity contribution in [3.63, 3.8) is 0 Å². The van der Waals surface area contributed by atoms with Gasteiger partial charge in [0.05, 0.1) is 13.2 Å². The number of rotatable bonds is 4. The van der Waals surface area contributed by atoms with Gasteiger partial charge in [-0.1, -0.05) is 6.07 Å². The molecule has 21 heavy (non-hydrogen) atoms. The van der Waals surface area contributed by atoms with Gasteiger partial charge in [0.15, 0.2) is 0 Å². The maximum absolute atomic E-state index is 11.9. The van der Waals surface area contributed by atoms with Crippen molar-refractivity contribution in [2.45, 2.75) is 13.2 Å². The Hall–Kier alpha value is -2.67. The monoisotopic (exact) mass is 285 g/mol. The van der Waals surface area contributed by atoms with Gasteiger partial charge in [0.1, 0.15) is 11.4 Å². The van der Waals surface area contributed by atoms with E-state index in [1.165, 1.54) is 5.56 Å². The summed E-state index contributed by atoms with van der Waals surface area (Å²) < 4.78 is 5.37. The molecule has 7 nitrogen and oxygen atoms in total. The smallest absolute Gasteiger partial charge is 0.276 e. The largest absolute Gasteiger partial charge is 0.382 e. The summed E-state index contributed by atoms with van der Waals surface area (Å²) in [5.74, 6) is 0.302. The molecular formula is C14H15N5O2. The lowest BCUT2D eigenvalue weighted by atomic mass is 10.1. The lowest BCUT2D eigenvalue weighted by molar-refractivity contribution is 0.134. The number of benzene rings is 1. The minimum Gasteiger partial charge on any atom is -0.382 e. The molecule has 0 saturated heterocycles. The van der Waals surface area contributed by atoms with Gasteiger partial charge in [-0.2, -0.15) is 0 Å². The molecule has 1 aliphatic heterocycles. The van der Waals surface area contributed by atoms with Crippen molar-refractivity contribution in [1.82, 2.24) is 9.97 Å². The number of H-pyrrole nitrogens is 1. The van der Waals surface area contributed by atoms with Gasteiger partial charge in [-0.3, -0.25) is 9.78 Å². The highest BCUT2D eigenvalue weighted by Crippen LogP contribution is 2.24. The molecule has 0 atom stereocenters. The summed E-state index contributed by atoms with van der Waals surface area (Å²) in [6.45, 7) is 1.23. The first kappa shape index (κ1) is 13.3. The molecule has 3 rings (SSSR count). The average molecular weight is 285 g/mol. The molecule has 1 aromatic heterocycles. The van der Waals surface area contributed by atoms with Gasteiger partial charge in [0.2, 0.25) is 5.95 Å². The molecule has 108 valence electrons. The Morgan fingerprint density at radius 1 is 1.38 bits per heavy atom. The van der Waals surface area contributed by atoms with Gasteiger partial charge in [-0.05, 0) is 23.3 Å². The van der Waals surface area contributed by atoms with Gasteiger partial charge < -0.3 is 20.8 Å². The Morgan fingerprint density at radius 2 is 2.19 bits per heavy atom. The van der Waals surface area contributed by atoms with Crippen LogP contribution in [0.25, 0.3) is 0 Å². The fraction of sp³-hybridized carbons (Fsp3) is 0.214. The minimum absolute atomic E-state index is 0.276. The molecule has 4 N–H and O–H groups in total. The van der Waals surface area contributed by atoms with Crippen molar-refractivity contribution in [3.05, 3.63) is 45.4 Å². The van der Waals surface area contributed by atoms with Gasteiger partial charge in [-0.25, -0.2) is 4.98 Å². The second-order valence-corrected chi connectivity index (χ2v) is 4.67. The molecule has 7 heteroatoms. The zero-order valence-corrected chi connectivity index (χ0v) is 11.5. The van der Waals surface area contributed by atoms with Crippen LogP contribution in [-0.4, -0.2) is 23.2 Å². The number of hydrogen-bond donors (Lipinski definition) is 4. The van der Waals surface area contributed by atoms with Gasteiger partial charge >= 0.3 is 0 Å². The molecule has 2 aromatic rings. The molecular weight excluding hydrogens is 270 g/mol. The van der Waals surface area contributed by atoms with Crippen LogP contribution in [0.5, 0.6) is 0 Å². The highest BCUT2D eigenvalue weighted by molar-refractivity contribution is 5.83. The predicted octanol–water partition coefficient (Wildman–Crippen LogP) is 1.58. The van der Waals surface area contributed by atoms with Crippen LogP contribution >= 0.6 is 0 Å². The summed E-state index contributed by atoms with van der Waals surface area (Å²) in [5, 5.41) is 13.1. The molecule has 0 aliphatic carbocycles. The van der Waals surface area contributed by atoms with E-state index in [0.29, 0.717) is 19.2 Å². The summed E-state index contributed by atoms with van der Waals surface area (Å²) in [6, 6.07) is 5.87. The zero-order valence-electron chi connectivity index (χ0n) is 11.5. The lowest BCUT2D eigenvalue weighted by Crippen LogP contribution is -2.18. The second-order valence-electron chi connectivity index (χ2n) is 4.67. The first-order chi connectivity index (χ1) is 10.2. The van der Waals surface area contributed by atoms with E-state index in [4.69, 9.17) is 10.1 Å². The van der Waals surface area contributed by atoms with Gasteiger partial charge in [0.25, 0.3) is 5.56 Å². The second kappa shape index (κ2) is 5.37. The summed E-state index contributed by atoms with van der Waals surface area (Å²) in [4.78, 5) is 18.8. The number of aromatic amines is 1. The standard InChI is InChI=1S/C14H15N5O2/c1-16-12-11(5-15)18-14(19-13(12)20)17-10-3-2-8-6-21-7-9(8)4-10/h2-5,15-16H,6-7H2,1H3,(H2,17,18,19,20). The molecule has 1 aromatic carbocycles. The van der Waals surface area contributed by atoms with E-state index < -0.39 is 0 Å². The molecule has 0 amide bonds. The van der Waals surface area contributed by atoms with E-state index >= 15 is 0 Å². The number of aromatic nitrogens is 2. The van der Waals surface area contributed by atoms with E-state index in [1.807, 2.05) is 18.2 Å². The van der Waals surface area contributed by atoms with E-state index in [1.54, 1.807) is 7.05 Å². The Balaban J connectivity index is 1.93. The molecule has 0 unspecified atom stereocenters. The van der Waals surface area contributed by atoms with Crippen molar-refractivity contribution < 1.29 is 4.74 Å².